The summed E-state index contributed by atoms with van der Waals surface area (Å²) in [6.07, 6.45) is 3.18. The van der Waals surface area contributed by atoms with Gasteiger partial charge in [0.25, 0.3) is 5.91 Å². The Labute approximate surface area is 125 Å². The standard InChI is InChI=1S/C16H23NO4/c1-4-5-6-9-17-16(19)12(2)21-15-8-7-14(20-3)10-13(15)11-18/h7-8,10-12H,4-6,9H2,1-3H3,(H,17,19). The number of nitrogens with one attached hydrogen (secondary N) is 1. The van der Waals surface area contributed by atoms with Crippen LogP contribution in [0.15, 0.2) is 18.2 Å². The molecule has 0 heterocycles. The van der Waals surface area contributed by atoms with Crippen LogP contribution >= 0.6 is 0 Å². The van der Waals surface area contributed by atoms with Crippen LogP contribution in [0.1, 0.15) is 43.5 Å². The highest BCUT2D eigenvalue weighted by Crippen LogP contribution is 2.23. The second-order valence-electron chi connectivity index (χ2n) is 4.78. The molecule has 5 nitrogen and oxygen atoms in total. The van der Waals surface area contributed by atoms with Gasteiger partial charge in [0.2, 0.25) is 0 Å². The normalized spacial score (nSPS) is 11.6. The molecule has 0 saturated heterocycles. The maximum Gasteiger partial charge on any atom is 0.260 e. The maximum atomic E-state index is 11.9. The van der Waals surface area contributed by atoms with Crippen molar-refractivity contribution in [1.29, 1.82) is 0 Å². The molecular formula is C16H23NO4. The van der Waals surface area contributed by atoms with Gasteiger partial charge in [0.05, 0.1) is 12.7 Å². The molecule has 1 amide bonds. The zero-order chi connectivity index (χ0) is 15.7. The summed E-state index contributed by atoms with van der Waals surface area (Å²) in [4.78, 5) is 22.9. The molecule has 5 heteroatoms. The number of carbonyl (C=O) groups excluding carboxylic acids is 2. The number of benzene rings is 1. The van der Waals surface area contributed by atoms with Gasteiger partial charge in [-0.15, -0.1) is 0 Å². The van der Waals surface area contributed by atoms with Crippen molar-refractivity contribution in [3.05, 3.63) is 23.8 Å². The third-order valence-electron chi connectivity index (χ3n) is 3.10. The Hall–Kier alpha value is -2.04. The summed E-state index contributed by atoms with van der Waals surface area (Å²) in [5.41, 5.74) is 0.361. The molecule has 0 aliphatic heterocycles. The van der Waals surface area contributed by atoms with Gasteiger partial charge >= 0.3 is 0 Å². The minimum Gasteiger partial charge on any atom is -0.497 e. The smallest absolute Gasteiger partial charge is 0.260 e. The van der Waals surface area contributed by atoms with Crippen LogP contribution in [0.4, 0.5) is 0 Å². The molecule has 1 rings (SSSR count). The quantitative estimate of drug-likeness (QED) is 0.561. The summed E-state index contributed by atoms with van der Waals surface area (Å²) in [6.45, 7) is 4.41. The van der Waals surface area contributed by atoms with Crippen LogP contribution < -0.4 is 14.8 Å². The molecule has 0 bridgehead atoms. The summed E-state index contributed by atoms with van der Waals surface area (Å²) < 4.78 is 10.6. The molecule has 116 valence electrons. The number of hydrogen-bond donors (Lipinski definition) is 1. The van der Waals surface area contributed by atoms with E-state index in [-0.39, 0.29) is 5.91 Å². The van der Waals surface area contributed by atoms with Crippen LogP contribution in [0, 0.1) is 0 Å². The molecule has 0 aromatic heterocycles. The Balaban J connectivity index is 2.59. The van der Waals surface area contributed by atoms with Crippen LogP contribution in [0.3, 0.4) is 0 Å². The van der Waals surface area contributed by atoms with E-state index in [1.54, 1.807) is 25.1 Å². The van der Waals surface area contributed by atoms with Crippen molar-refractivity contribution in [2.24, 2.45) is 0 Å². The van der Waals surface area contributed by atoms with Gasteiger partial charge in [-0.05, 0) is 31.5 Å². The van der Waals surface area contributed by atoms with Crippen LogP contribution in [-0.2, 0) is 4.79 Å². The highest BCUT2D eigenvalue weighted by atomic mass is 16.5. The number of amides is 1. The highest BCUT2D eigenvalue weighted by Gasteiger charge is 2.16. The van der Waals surface area contributed by atoms with Gasteiger partial charge in [0.1, 0.15) is 11.5 Å². The minimum atomic E-state index is -0.654. The zero-order valence-corrected chi connectivity index (χ0v) is 12.8. The van der Waals surface area contributed by atoms with Crippen molar-refractivity contribution >= 4 is 12.2 Å². The van der Waals surface area contributed by atoms with E-state index in [0.717, 1.165) is 19.3 Å². The summed E-state index contributed by atoms with van der Waals surface area (Å²) in [5, 5.41) is 2.82. The number of ether oxygens (including phenoxy) is 2. The summed E-state index contributed by atoms with van der Waals surface area (Å²) >= 11 is 0. The third kappa shape index (κ3) is 5.45. The molecule has 1 atom stereocenters. The molecule has 1 aromatic rings. The Kier molecular flexibility index (Phi) is 7.29. The first kappa shape index (κ1) is 17.0. The molecule has 21 heavy (non-hydrogen) atoms. The van der Waals surface area contributed by atoms with Crippen molar-refractivity contribution in [3.8, 4) is 11.5 Å². The van der Waals surface area contributed by atoms with Crippen molar-refractivity contribution in [3.63, 3.8) is 0 Å². The molecule has 1 unspecified atom stereocenters. The average molecular weight is 293 g/mol. The van der Waals surface area contributed by atoms with Crippen molar-refractivity contribution in [1.82, 2.24) is 5.32 Å². The van der Waals surface area contributed by atoms with Crippen molar-refractivity contribution in [2.75, 3.05) is 13.7 Å². The predicted molar refractivity (Wildman–Crippen MR) is 81.0 cm³/mol. The van der Waals surface area contributed by atoms with E-state index in [4.69, 9.17) is 9.47 Å². The fourth-order valence-electron chi connectivity index (χ4n) is 1.83. The van der Waals surface area contributed by atoms with Gasteiger partial charge in [-0.2, -0.15) is 0 Å². The second kappa shape index (κ2) is 9.00. The van der Waals surface area contributed by atoms with Gasteiger partial charge in [-0.3, -0.25) is 9.59 Å². The molecule has 0 aliphatic carbocycles. The number of unbranched alkanes of at least 4 members (excludes halogenated alkanes) is 2. The number of aldehydes is 1. The largest absolute Gasteiger partial charge is 0.497 e. The summed E-state index contributed by atoms with van der Waals surface area (Å²) in [6, 6.07) is 4.89. The van der Waals surface area contributed by atoms with Crippen LogP contribution in [-0.4, -0.2) is 32.0 Å². The predicted octanol–water partition coefficient (Wildman–Crippen LogP) is 2.58. The average Bonchev–Trinajstić information content (AvgIpc) is 2.51. The molecule has 0 aliphatic rings. The highest BCUT2D eigenvalue weighted by molar-refractivity contribution is 5.82. The van der Waals surface area contributed by atoms with E-state index in [2.05, 4.69) is 12.2 Å². The third-order valence-corrected chi connectivity index (χ3v) is 3.10. The second-order valence-corrected chi connectivity index (χ2v) is 4.78. The van der Waals surface area contributed by atoms with E-state index < -0.39 is 6.10 Å². The number of hydrogen-bond acceptors (Lipinski definition) is 4. The molecule has 0 spiro atoms. The van der Waals surface area contributed by atoms with E-state index in [1.165, 1.54) is 7.11 Å². The topological polar surface area (TPSA) is 64.6 Å². The Morgan fingerprint density at radius 2 is 2.14 bits per heavy atom. The van der Waals surface area contributed by atoms with E-state index in [1.807, 2.05) is 0 Å². The van der Waals surface area contributed by atoms with Gasteiger partial charge in [0, 0.05) is 6.54 Å². The molecule has 0 fully saturated rings. The Morgan fingerprint density at radius 1 is 1.38 bits per heavy atom. The lowest BCUT2D eigenvalue weighted by Gasteiger charge is -2.16. The Bertz CT molecular complexity index is 473. The molecule has 0 saturated carbocycles. The first-order chi connectivity index (χ1) is 10.1. The fourth-order valence-corrected chi connectivity index (χ4v) is 1.83. The molecular weight excluding hydrogens is 270 g/mol. The monoisotopic (exact) mass is 293 g/mol. The van der Waals surface area contributed by atoms with Crippen molar-refractivity contribution < 1.29 is 19.1 Å². The molecule has 1 aromatic carbocycles. The molecule has 1 N–H and O–H groups in total. The van der Waals surface area contributed by atoms with E-state index in [0.29, 0.717) is 29.9 Å². The number of methoxy groups -OCH3 is 1. The van der Waals surface area contributed by atoms with Gasteiger partial charge in [-0.1, -0.05) is 19.8 Å². The van der Waals surface area contributed by atoms with Crippen molar-refractivity contribution in [2.45, 2.75) is 39.2 Å². The first-order valence-electron chi connectivity index (χ1n) is 7.20. The lowest BCUT2D eigenvalue weighted by atomic mass is 10.2. The van der Waals surface area contributed by atoms with Gasteiger partial charge in [0.15, 0.2) is 12.4 Å². The lowest BCUT2D eigenvalue weighted by Crippen LogP contribution is -2.37. The summed E-state index contributed by atoms with van der Waals surface area (Å²) in [7, 11) is 1.52. The Morgan fingerprint density at radius 3 is 2.76 bits per heavy atom. The minimum absolute atomic E-state index is 0.182. The van der Waals surface area contributed by atoms with Crippen LogP contribution in [0.25, 0.3) is 0 Å². The number of carbonyl (C=O) groups is 2. The van der Waals surface area contributed by atoms with Crippen LogP contribution in [0.2, 0.25) is 0 Å². The van der Waals surface area contributed by atoms with E-state index in [9.17, 15) is 9.59 Å². The summed E-state index contributed by atoms with van der Waals surface area (Å²) in [5.74, 6) is 0.766. The first-order valence-corrected chi connectivity index (χ1v) is 7.20. The van der Waals surface area contributed by atoms with Gasteiger partial charge in [-0.25, -0.2) is 0 Å². The zero-order valence-electron chi connectivity index (χ0n) is 12.8. The maximum absolute atomic E-state index is 11.9. The van der Waals surface area contributed by atoms with Crippen LogP contribution in [0.5, 0.6) is 11.5 Å². The fraction of sp³-hybridized carbons (Fsp3) is 0.500. The van der Waals surface area contributed by atoms with Gasteiger partial charge < -0.3 is 14.8 Å². The SMILES string of the molecule is CCCCCNC(=O)C(C)Oc1ccc(OC)cc1C=O. The molecule has 0 radical (unpaired) electrons. The lowest BCUT2D eigenvalue weighted by molar-refractivity contribution is -0.127. The van der Waals surface area contributed by atoms with E-state index >= 15 is 0 Å². The number of rotatable bonds is 9.